The topological polar surface area (TPSA) is 107 Å². The van der Waals surface area contributed by atoms with Gasteiger partial charge in [-0.15, -0.1) is 0 Å². The van der Waals surface area contributed by atoms with E-state index in [2.05, 4.69) is 58.5 Å². The van der Waals surface area contributed by atoms with E-state index in [4.69, 9.17) is 26.8 Å². The number of rotatable bonds is 13. The molecule has 0 atom stereocenters. The second kappa shape index (κ2) is 13.3. The average Bonchev–Trinajstić information content (AvgIpc) is 2.84. The summed E-state index contributed by atoms with van der Waals surface area (Å²) in [7, 11) is 0. The molecular weight excluding hydrogens is 464 g/mol. The van der Waals surface area contributed by atoms with Crippen LogP contribution in [0.4, 0.5) is 11.9 Å². The zero-order valence-corrected chi connectivity index (χ0v) is 21.4. The lowest BCUT2D eigenvalue weighted by Gasteiger charge is -2.19. The van der Waals surface area contributed by atoms with Crippen LogP contribution in [0.15, 0.2) is 48.5 Å². The third-order valence-corrected chi connectivity index (χ3v) is 5.38. The number of anilines is 2. The first-order valence-electron chi connectivity index (χ1n) is 11.8. The summed E-state index contributed by atoms with van der Waals surface area (Å²) in [4.78, 5) is 13.8. The summed E-state index contributed by atoms with van der Waals surface area (Å²) in [6, 6.07) is 16.0. The Kier molecular flexibility index (Phi) is 10.2. The summed E-state index contributed by atoms with van der Waals surface area (Å²) in [5, 5.41) is 7.21. The van der Waals surface area contributed by atoms with Gasteiger partial charge >= 0.3 is 0 Å². The van der Waals surface area contributed by atoms with E-state index in [0.29, 0.717) is 68.8 Å². The summed E-state index contributed by atoms with van der Waals surface area (Å²) in [5.41, 5.74) is 8.68. The van der Waals surface area contributed by atoms with Gasteiger partial charge in [-0.3, -0.25) is 0 Å². The number of hydrogen-bond acceptors (Lipinski definition) is 8. The molecule has 188 valence electrons. The van der Waals surface area contributed by atoms with E-state index in [1.54, 1.807) is 0 Å². The summed E-state index contributed by atoms with van der Waals surface area (Å²) < 4.78 is 10.9. The van der Waals surface area contributed by atoms with Crippen molar-refractivity contribution in [1.82, 2.24) is 15.0 Å². The normalized spacial score (nSPS) is 11.5. The predicted molar refractivity (Wildman–Crippen MR) is 142 cm³/mol. The van der Waals surface area contributed by atoms with Crippen LogP contribution < -0.4 is 16.4 Å². The van der Waals surface area contributed by atoms with Gasteiger partial charge in [-0.2, -0.15) is 15.0 Å². The fourth-order valence-corrected chi connectivity index (χ4v) is 3.46. The van der Waals surface area contributed by atoms with Gasteiger partial charge in [-0.05, 0) is 28.7 Å². The largest absolute Gasteiger partial charge is 0.378 e. The molecule has 0 aliphatic rings. The van der Waals surface area contributed by atoms with Crippen LogP contribution in [0.2, 0.25) is 5.02 Å². The molecular formula is C26H35ClN6O2. The van der Waals surface area contributed by atoms with Crippen LogP contribution in [0.25, 0.3) is 11.4 Å². The van der Waals surface area contributed by atoms with Crippen molar-refractivity contribution < 1.29 is 9.47 Å². The number of nitrogens with two attached hydrogens (primary N) is 1. The number of benzene rings is 2. The van der Waals surface area contributed by atoms with Crippen LogP contribution in [0, 0.1) is 0 Å². The SMILES string of the molecule is CC(C)(C)c1ccc(-c2nc(NCCOCCOCCN)nc(NCc3cccc(Cl)c3)n2)cc1. The van der Waals surface area contributed by atoms with Gasteiger partial charge in [0, 0.05) is 30.2 Å². The molecule has 0 spiro atoms. The number of hydrogen-bond donors (Lipinski definition) is 3. The minimum atomic E-state index is 0.0728. The van der Waals surface area contributed by atoms with Crippen LogP contribution in [-0.4, -0.2) is 54.5 Å². The average molecular weight is 499 g/mol. The molecule has 0 unspecified atom stereocenters. The molecule has 35 heavy (non-hydrogen) atoms. The van der Waals surface area contributed by atoms with E-state index in [0.717, 1.165) is 11.1 Å². The van der Waals surface area contributed by atoms with Crippen molar-refractivity contribution in [2.24, 2.45) is 5.73 Å². The molecule has 0 radical (unpaired) electrons. The maximum absolute atomic E-state index is 6.12. The number of aromatic nitrogens is 3. The predicted octanol–water partition coefficient (Wildman–Crippen LogP) is 4.51. The molecule has 0 amide bonds. The lowest BCUT2D eigenvalue weighted by Crippen LogP contribution is -2.16. The van der Waals surface area contributed by atoms with Crippen LogP contribution in [0.5, 0.6) is 0 Å². The van der Waals surface area contributed by atoms with Crippen molar-refractivity contribution in [2.75, 3.05) is 50.2 Å². The Hall–Kier alpha value is -2.78. The number of nitrogens with zero attached hydrogens (tertiary/aromatic N) is 3. The summed E-state index contributed by atoms with van der Waals surface area (Å²) in [6.07, 6.45) is 0. The maximum Gasteiger partial charge on any atom is 0.228 e. The smallest absolute Gasteiger partial charge is 0.228 e. The zero-order valence-electron chi connectivity index (χ0n) is 20.7. The summed E-state index contributed by atoms with van der Waals surface area (Å²) >= 11 is 6.12. The minimum Gasteiger partial charge on any atom is -0.378 e. The van der Waals surface area contributed by atoms with Crippen LogP contribution in [0.3, 0.4) is 0 Å². The van der Waals surface area contributed by atoms with Gasteiger partial charge in [-0.1, -0.05) is 68.8 Å². The van der Waals surface area contributed by atoms with Crippen molar-refractivity contribution in [3.8, 4) is 11.4 Å². The molecule has 3 aromatic rings. The minimum absolute atomic E-state index is 0.0728. The number of halogens is 1. The highest BCUT2D eigenvalue weighted by atomic mass is 35.5. The second-order valence-corrected chi connectivity index (χ2v) is 9.49. The van der Waals surface area contributed by atoms with E-state index >= 15 is 0 Å². The Morgan fingerprint density at radius 2 is 1.54 bits per heavy atom. The lowest BCUT2D eigenvalue weighted by atomic mass is 9.87. The molecule has 0 aliphatic heterocycles. The molecule has 0 saturated carbocycles. The van der Waals surface area contributed by atoms with Crippen LogP contribution in [0.1, 0.15) is 31.9 Å². The standard InChI is InChI=1S/C26H35ClN6O2/c1-26(2,3)21-9-7-20(8-10-21)23-31-24(29-12-14-35-16-15-34-13-11-28)33-25(32-23)30-18-19-5-4-6-22(27)17-19/h4-10,17H,11-16,18,28H2,1-3H3,(H2,29,30,31,32,33). The second-order valence-electron chi connectivity index (χ2n) is 9.06. The van der Waals surface area contributed by atoms with Crippen molar-refractivity contribution in [1.29, 1.82) is 0 Å². The van der Waals surface area contributed by atoms with Gasteiger partial charge in [0.25, 0.3) is 0 Å². The highest BCUT2D eigenvalue weighted by Crippen LogP contribution is 2.25. The molecule has 1 aromatic heterocycles. The van der Waals surface area contributed by atoms with Crippen molar-refractivity contribution in [3.05, 3.63) is 64.7 Å². The number of nitrogens with one attached hydrogen (secondary N) is 2. The van der Waals surface area contributed by atoms with E-state index < -0.39 is 0 Å². The molecule has 1 heterocycles. The fraction of sp³-hybridized carbons (Fsp3) is 0.423. The first-order valence-corrected chi connectivity index (χ1v) is 12.2. The summed E-state index contributed by atoms with van der Waals surface area (Å²) in [6.45, 7) is 10.2. The Bertz CT molecular complexity index is 1060. The van der Waals surface area contributed by atoms with Crippen molar-refractivity contribution in [3.63, 3.8) is 0 Å². The Morgan fingerprint density at radius 3 is 2.20 bits per heavy atom. The molecule has 8 nitrogen and oxygen atoms in total. The maximum atomic E-state index is 6.12. The van der Waals surface area contributed by atoms with Crippen molar-refractivity contribution >= 4 is 23.5 Å². The van der Waals surface area contributed by atoms with Gasteiger partial charge in [0.1, 0.15) is 0 Å². The first kappa shape index (κ1) is 26.8. The lowest BCUT2D eigenvalue weighted by molar-refractivity contribution is 0.0547. The molecule has 4 N–H and O–H groups in total. The van der Waals surface area contributed by atoms with Crippen LogP contribution >= 0.6 is 11.6 Å². The first-order chi connectivity index (χ1) is 16.8. The molecule has 0 saturated heterocycles. The van der Waals surface area contributed by atoms with Crippen molar-refractivity contribution in [2.45, 2.75) is 32.7 Å². The van der Waals surface area contributed by atoms with E-state index in [-0.39, 0.29) is 5.41 Å². The molecule has 9 heteroatoms. The molecule has 2 aromatic carbocycles. The number of ether oxygens (including phenoxy) is 2. The van der Waals surface area contributed by atoms with E-state index in [9.17, 15) is 0 Å². The third kappa shape index (κ3) is 9.07. The van der Waals surface area contributed by atoms with Gasteiger partial charge in [-0.25, -0.2) is 0 Å². The van der Waals surface area contributed by atoms with Gasteiger partial charge in [0.2, 0.25) is 11.9 Å². The molecule has 0 fully saturated rings. The fourth-order valence-electron chi connectivity index (χ4n) is 3.25. The van der Waals surface area contributed by atoms with Gasteiger partial charge in [0.15, 0.2) is 5.82 Å². The van der Waals surface area contributed by atoms with E-state index in [1.807, 2.05) is 36.4 Å². The quantitative estimate of drug-likeness (QED) is 0.295. The van der Waals surface area contributed by atoms with E-state index in [1.165, 1.54) is 5.56 Å². The molecule has 3 rings (SSSR count). The summed E-state index contributed by atoms with van der Waals surface area (Å²) in [5.74, 6) is 1.55. The molecule has 0 bridgehead atoms. The Labute approximate surface area is 212 Å². The van der Waals surface area contributed by atoms with Crippen LogP contribution in [-0.2, 0) is 21.4 Å². The third-order valence-electron chi connectivity index (χ3n) is 5.15. The Balaban J connectivity index is 1.70. The Morgan fingerprint density at radius 1 is 0.857 bits per heavy atom. The highest BCUT2D eigenvalue weighted by Gasteiger charge is 2.14. The van der Waals surface area contributed by atoms with Gasteiger partial charge in [0.05, 0.1) is 26.4 Å². The molecule has 0 aliphatic carbocycles. The monoisotopic (exact) mass is 498 g/mol. The van der Waals surface area contributed by atoms with Gasteiger partial charge < -0.3 is 25.8 Å². The zero-order chi connectivity index (χ0) is 25.1. The highest BCUT2D eigenvalue weighted by molar-refractivity contribution is 6.30.